The molecular weight excluding hydrogens is 318 g/mol. The van der Waals surface area contributed by atoms with Crippen LogP contribution in [0.2, 0.25) is 5.02 Å². The third-order valence-corrected chi connectivity index (χ3v) is 2.96. The minimum absolute atomic E-state index is 0.469. The third kappa shape index (κ3) is 6.57. The summed E-state index contributed by atoms with van der Waals surface area (Å²) in [6, 6.07) is 6.93. The van der Waals surface area contributed by atoms with Crippen molar-refractivity contribution in [1.82, 2.24) is 10.6 Å². The standard InChI is InChI=1S/C16H20ClN3O3/c1-10(19-15(22)23-16(2,3)4)14(21)20-13(9-18)11-6-5-7-12(17)8-11/h5-8,10,13H,1-4H3,(H,19,22)(H,20,21)/t10-,13?/m1/s1. The van der Waals surface area contributed by atoms with Gasteiger partial charge in [-0.2, -0.15) is 5.26 Å². The topological polar surface area (TPSA) is 91.2 Å². The second-order valence-electron chi connectivity index (χ2n) is 5.99. The van der Waals surface area contributed by atoms with Gasteiger partial charge in [0, 0.05) is 5.02 Å². The number of nitriles is 1. The van der Waals surface area contributed by atoms with Crippen molar-refractivity contribution in [3.05, 3.63) is 34.9 Å². The number of carbonyl (C=O) groups is 2. The molecule has 1 aromatic carbocycles. The molecule has 1 unspecified atom stereocenters. The van der Waals surface area contributed by atoms with E-state index in [0.29, 0.717) is 10.6 Å². The zero-order valence-electron chi connectivity index (χ0n) is 13.5. The Bertz CT molecular complexity index is 620. The van der Waals surface area contributed by atoms with Crippen LogP contribution in [0.15, 0.2) is 24.3 Å². The second-order valence-corrected chi connectivity index (χ2v) is 6.43. The van der Waals surface area contributed by atoms with E-state index in [1.54, 1.807) is 45.0 Å². The number of hydrogen-bond acceptors (Lipinski definition) is 4. The average molecular weight is 338 g/mol. The number of hydrogen-bond donors (Lipinski definition) is 2. The number of carbonyl (C=O) groups excluding carboxylic acids is 2. The van der Waals surface area contributed by atoms with E-state index in [2.05, 4.69) is 10.6 Å². The molecule has 0 fully saturated rings. The van der Waals surface area contributed by atoms with Crippen LogP contribution in [0.5, 0.6) is 0 Å². The predicted octanol–water partition coefficient (Wildman–Crippen LogP) is 2.93. The first-order chi connectivity index (χ1) is 10.6. The fourth-order valence-electron chi connectivity index (χ4n) is 1.69. The van der Waals surface area contributed by atoms with Gasteiger partial charge in [-0.1, -0.05) is 23.7 Å². The number of amides is 2. The lowest BCUT2D eigenvalue weighted by atomic mass is 10.1. The molecule has 7 heteroatoms. The maximum Gasteiger partial charge on any atom is 0.408 e. The van der Waals surface area contributed by atoms with Gasteiger partial charge >= 0.3 is 6.09 Å². The van der Waals surface area contributed by atoms with Crippen LogP contribution < -0.4 is 10.6 Å². The van der Waals surface area contributed by atoms with Crippen LogP contribution in [0, 0.1) is 11.3 Å². The molecule has 124 valence electrons. The lowest BCUT2D eigenvalue weighted by Gasteiger charge is -2.22. The van der Waals surface area contributed by atoms with Crippen LogP contribution in [-0.4, -0.2) is 23.6 Å². The molecule has 1 aromatic rings. The van der Waals surface area contributed by atoms with Gasteiger partial charge in [-0.05, 0) is 45.4 Å². The minimum atomic E-state index is -0.857. The number of ether oxygens (including phenoxy) is 1. The molecule has 1 rings (SSSR count). The largest absolute Gasteiger partial charge is 0.444 e. The molecule has 0 aliphatic carbocycles. The Morgan fingerprint density at radius 1 is 1.30 bits per heavy atom. The summed E-state index contributed by atoms with van der Waals surface area (Å²) in [7, 11) is 0. The Balaban J connectivity index is 2.66. The van der Waals surface area contributed by atoms with Crippen molar-refractivity contribution in [1.29, 1.82) is 5.26 Å². The SMILES string of the molecule is C[C@@H](NC(=O)OC(C)(C)C)C(=O)NC(C#N)c1cccc(Cl)c1. The maximum atomic E-state index is 12.1. The lowest BCUT2D eigenvalue weighted by molar-refractivity contribution is -0.123. The molecule has 0 radical (unpaired) electrons. The molecule has 6 nitrogen and oxygen atoms in total. The van der Waals surface area contributed by atoms with Gasteiger partial charge < -0.3 is 15.4 Å². The van der Waals surface area contributed by atoms with Crippen molar-refractivity contribution in [3.63, 3.8) is 0 Å². The Hall–Kier alpha value is -2.26. The summed E-state index contributed by atoms with van der Waals surface area (Å²) in [5.74, 6) is -0.498. The van der Waals surface area contributed by atoms with Crippen molar-refractivity contribution in [3.8, 4) is 6.07 Å². The quantitative estimate of drug-likeness (QED) is 0.883. The molecule has 23 heavy (non-hydrogen) atoms. The molecule has 0 aliphatic heterocycles. The molecule has 2 N–H and O–H groups in total. The summed E-state index contributed by atoms with van der Waals surface area (Å²) in [6.07, 6.45) is -0.698. The van der Waals surface area contributed by atoms with Crippen LogP contribution >= 0.6 is 11.6 Å². The Kier molecular flexibility index (Phi) is 6.40. The first-order valence-corrected chi connectivity index (χ1v) is 7.45. The number of halogens is 1. The van der Waals surface area contributed by atoms with E-state index in [-0.39, 0.29) is 0 Å². The molecule has 0 saturated carbocycles. The molecule has 2 amide bonds. The first kappa shape index (κ1) is 18.8. The number of nitrogens with zero attached hydrogens (tertiary/aromatic N) is 1. The summed E-state index contributed by atoms with van der Waals surface area (Å²) in [5, 5.41) is 14.7. The first-order valence-electron chi connectivity index (χ1n) is 7.07. The number of benzene rings is 1. The Morgan fingerprint density at radius 3 is 2.48 bits per heavy atom. The van der Waals surface area contributed by atoms with E-state index >= 15 is 0 Å². The van der Waals surface area contributed by atoms with Gasteiger partial charge in [0.1, 0.15) is 17.7 Å². The number of nitrogens with one attached hydrogen (secondary N) is 2. The summed E-state index contributed by atoms with van der Waals surface area (Å²) >= 11 is 5.88. The average Bonchev–Trinajstić information content (AvgIpc) is 2.42. The van der Waals surface area contributed by atoms with E-state index in [0.717, 1.165) is 0 Å². The summed E-state index contributed by atoms with van der Waals surface area (Å²) in [4.78, 5) is 23.8. The van der Waals surface area contributed by atoms with E-state index in [1.807, 2.05) is 6.07 Å². The normalized spacial score (nSPS) is 13.4. The van der Waals surface area contributed by atoms with E-state index in [9.17, 15) is 14.9 Å². The smallest absolute Gasteiger partial charge is 0.408 e. The van der Waals surface area contributed by atoms with Crippen molar-refractivity contribution in [2.75, 3.05) is 0 Å². The van der Waals surface area contributed by atoms with Gasteiger partial charge in [-0.15, -0.1) is 0 Å². The van der Waals surface area contributed by atoms with E-state index < -0.39 is 29.7 Å². The van der Waals surface area contributed by atoms with Crippen molar-refractivity contribution >= 4 is 23.6 Å². The van der Waals surface area contributed by atoms with Crippen LogP contribution in [0.25, 0.3) is 0 Å². The summed E-state index contributed by atoms with van der Waals surface area (Å²) in [5.41, 5.74) is -0.0891. The molecule has 0 saturated heterocycles. The molecule has 0 spiro atoms. The van der Waals surface area contributed by atoms with Crippen molar-refractivity contribution in [2.45, 2.75) is 45.4 Å². The molecule has 0 bridgehead atoms. The third-order valence-electron chi connectivity index (χ3n) is 2.72. The van der Waals surface area contributed by atoms with E-state index in [4.69, 9.17) is 16.3 Å². The summed E-state index contributed by atoms with van der Waals surface area (Å²) in [6.45, 7) is 6.68. The summed E-state index contributed by atoms with van der Waals surface area (Å²) < 4.78 is 5.08. The minimum Gasteiger partial charge on any atom is -0.444 e. The monoisotopic (exact) mass is 337 g/mol. The van der Waals surface area contributed by atoms with E-state index in [1.165, 1.54) is 6.92 Å². The van der Waals surface area contributed by atoms with Crippen LogP contribution in [0.3, 0.4) is 0 Å². The Labute approximate surface area is 140 Å². The van der Waals surface area contributed by atoms with Crippen LogP contribution in [0.4, 0.5) is 4.79 Å². The van der Waals surface area contributed by atoms with Crippen LogP contribution in [0.1, 0.15) is 39.3 Å². The highest BCUT2D eigenvalue weighted by atomic mass is 35.5. The highest BCUT2D eigenvalue weighted by molar-refractivity contribution is 6.30. The second kappa shape index (κ2) is 7.84. The molecule has 2 atom stereocenters. The van der Waals surface area contributed by atoms with Gasteiger partial charge in [-0.25, -0.2) is 4.79 Å². The number of rotatable bonds is 4. The van der Waals surface area contributed by atoms with Crippen LogP contribution in [-0.2, 0) is 9.53 Å². The number of alkyl carbamates (subject to hydrolysis) is 1. The fraction of sp³-hybridized carbons (Fsp3) is 0.438. The van der Waals surface area contributed by atoms with Crippen molar-refractivity contribution in [2.24, 2.45) is 0 Å². The molecule has 0 aliphatic rings. The molecular formula is C16H20ClN3O3. The molecule has 0 heterocycles. The lowest BCUT2D eigenvalue weighted by Crippen LogP contribution is -2.47. The zero-order valence-corrected chi connectivity index (χ0v) is 14.3. The predicted molar refractivity (Wildman–Crippen MR) is 86.8 cm³/mol. The van der Waals surface area contributed by atoms with Gasteiger partial charge in [-0.3, -0.25) is 4.79 Å². The zero-order chi connectivity index (χ0) is 17.6. The fourth-order valence-corrected chi connectivity index (χ4v) is 1.89. The van der Waals surface area contributed by atoms with Gasteiger partial charge in [0.15, 0.2) is 0 Å². The Morgan fingerprint density at radius 2 is 1.96 bits per heavy atom. The van der Waals surface area contributed by atoms with Gasteiger partial charge in [0.05, 0.1) is 6.07 Å². The van der Waals surface area contributed by atoms with Gasteiger partial charge in [0.2, 0.25) is 5.91 Å². The molecule has 0 aromatic heterocycles. The highest BCUT2D eigenvalue weighted by Gasteiger charge is 2.23. The maximum absolute atomic E-state index is 12.1. The van der Waals surface area contributed by atoms with Crippen molar-refractivity contribution < 1.29 is 14.3 Å². The van der Waals surface area contributed by atoms with Gasteiger partial charge in [0.25, 0.3) is 0 Å². The highest BCUT2D eigenvalue weighted by Crippen LogP contribution is 2.17.